The molecule has 19 heavy (non-hydrogen) atoms. The molecule has 2 aromatic carbocycles. The molecule has 0 fully saturated rings. The van der Waals surface area contributed by atoms with Gasteiger partial charge in [0.05, 0.1) is 11.6 Å². The van der Waals surface area contributed by atoms with E-state index in [0.717, 1.165) is 17.7 Å². The SMILES string of the molecule is CCCOc1ccc(OCc2ccccc2)c(Cl)c1. The highest BCUT2D eigenvalue weighted by atomic mass is 35.5. The smallest absolute Gasteiger partial charge is 0.138 e. The van der Waals surface area contributed by atoms with Crippen LogP contribution in [0.25, 0.3) is 0 Å². The van der Waals surface area contributed by atoms with Gasteiger partial charge >= 0.3 is 0 Å². The van der Waals surface area contributed by atoms with Gasteiger partial charge in [-0.25, -0.2) is 0 Å². The van der Waals surface area contributed by atoms with Crippen molar-refractivity contribution in [1.82, 2.24) is 0 Å². The second kappa shape index (κ2) is 7.05. The third-order valence-electron chi connectivity index (χ3n) is 2.61. The van der Waals surface area contributed by atoms with Crippen LogP contribution in [-0.4, -0.2) is 6.61 Å². The van der Waals surface area contributed by atoms with E-state index in [-0.39, 0.29) is 0 Å². The Morgan fingerprint density at radius 2 is 1.79 bits per heavy atom. The number of benzene rings is 2. The van der Waals surface area contributed by atoms with Gasteiger partial charge in [0.1, 0.15) is 18.1 Å². The molecule has 0 radical (unpaired) electrons. The van der Waals surface area contributed by atoms with Crippen LogP contribution in [0.4, 0.5) is 0 Å². The molecule has 0 saturated carbocycles. The summed E-state index contributed by atoms with van der Waals surface area (Å²) >= 11 is 6.17. The van der Waals surface area contributed by atoms with Crippen molar-refractivity contribution < 1.29 is 9.47 Å². The summed E-state index contributed by atoms with van der Waals surface area (Å²) in [4.78, 5) is 0. The fraction of sp³-hybridized carbons (Fsp3) is 0.250. The van der Waals surface area contributed by atoms with Gasteiger partial charge in [0.25, 0.3) is 0 Å². The second-order valence-electron chi connectivity index (χ2n) is 4.21. The highest BCUT2D eigenvalue weighted by Crippen LogP contribution is 2.29. The Hall–Kier alpha value is -1.67. The van der Waals surface area contributed by atoms with Crippen molar-refractivity contribution in [2.24, 2.45) is 0 Å². The van der Waals surface area contributed by atoms with Gasteiger partial charge in [-0.3, -0.25) is 0 Å². The average molecular weight is 277 g/mol. The molecular weight excluding hydrogens is 260 g/mol. The van der Waals surface area contributed by atoms with E-state index in [9.17, 15) is 0 Å². The first kappa shape index (κ1) is 13.8. The van der Waals surface area contributed by atoms with Crippen LogP contribution in [0.15, 0.2) is 48.5 Å². The molecule has 0 aliphatic heterocycles. The Labute approximate surface area is 118 Å². The average Bonchev–Trinajstić information content (AvgIpc) is 2.45. The largest absolute Gasteiger partial charge is 0.494 e. The monoisotopic (exact) mass is 276 g/mol. The van der Waals surface area contributed by atoms with Crippen molar-refractivity contribution in [3.63, 3.8) is 0 Å². The molecule has 2 nitrogen and oxygen atoms in total. The maximum atomic E-state index is 6.17. The van der Waals surface area contributed by atoms with Crippen molar-refractivity contribution in [2.75, 3.05) is 6.61 Å². The van der Waals surface area contributed by atoms with E-state index >= 15 is 0 Å². The van der Waals surface area contributed by atoms with Gasteiger partial charge in [0.2, 0.25) is 0 Å². The summed E-state index contributed by atoms with van der Waals surface area (Å²) in [7, 11) is 0. The molecule has 0 aliphatic carbocycles. The molecule has 0 saturated heterocycles. The number of hydrogen-bond acceptors (Lipinski definition) is 2. The standard InChI is InChI=1S/C16H17ClO2/c1-2-10-18-14-8-9-16(15(17)11-14)19-12-13-6-4-3-5-7-13/h3-9,11H,2,10,12H2,1H3. The van der Waals surface area contributed by atoms with Gasteiger partial charge in [-0.15, -0.1) is 0 Å². The zero-order valence-corrected chi connectivity index (χ0v) is 11.7. The fourth-order valence-electron chi connectivity index (χ4n) is 1.64. The molecule has 0 amide bonds. The van der Waals surface area contributed by atoms with Crippen molar-refractivity contribution in [3.05, 3.63) is 59.1 Å². The summed E-state index contributed by atoms with van der Waals surface area (Å²) in [6.45, 7) is 3.27. The quantitative estimate of drug-likeness (QED) is 0.761. The molecule has 2 aromatic rings. The summed E-state index contributed by atoms with van der Waals surface area (Å²) < 4.78 is 11.2. The zero-order valence-electron chi connectivity index (χ0n) is 10.9. The zero-order chi connectivity index (χ0) is 13.5. The van der Waals surface area contributed by atoms with Crippen LogP contribution in [-0.2, 0) is 6.61 Å². The van der Waals surface area contributed by atoms with Crippen LogP contribution in [0.2, 0.25) is 5.02 Å². The van der Waals surface area contributed by atoms with Gasteiger partial charge in [0.15, 0.2) is 0 Å². The van der Waals surface area contributed by atoms with Crippen LogP contribution < -0.4 is 9.47 Å². The van der Waals surface area contributed by atoms with E-state index < -0.39 is 0 Å². The Bertz CT molecular complexity index is 511. The van der Waals surface area contributed by atoms with E-state index in [1.54, 1.807) is 6.07 Å². The number of halogens is 1. The number of rotatable bonds is 6. The summed E-state index contributed by atoms with van der Waals surface area (Å²) in [6.07, 6.45) is 0.976. The first-order valence-corrected chi connectivity index (χ1v) is 6.76. The van der Waals surface area contributed by atoms with E-state index in [1.165, 1.54) is 0 Å². The third kappa shape index (κ3) is 4.18. The minimum Gasteiger partial charge on any atom is -0.494 e. The Morgan fingerprint density at radius 1 is 1.00 bits per heavy atom. The van der Waals surface area contributed by atoms with Crippen LogP contribution >= 0.6 is 11.6 Å². The predicted octanol–water partition coefficient (Wildman–Crippen LogP) is 4.71. The Kier molecular flexibility index (Phi) is 5.10. The number of ether oxygens (including phenoxy) is 2. The summed E-state index contributed by atoms with van der Waals surface area (Å²) in [5.74, 6) is 1.45. The van der Waals surface area contributed by atoms with Crippen molar-refractivity contribution in [3.8, 4) is 11.5 Å². The Balaban J connectivity index is 1.97. The second-order valence-corrected chi connectivity index (χ2v) is 4.62. The van der Waals surface area contributed by atoms with Crippen LogP contribution in [0, 0.1) is 0 Å². The fourth-order valence-corrected chi connectivity index (χ4v) is 1.87. The molecule has 0 heterocycles. The normalized spacial score (nSPS) is 10.2. The minimum atomic E-state index is 0.510. The first-order valence-electron chi connectivity index (χ1n) is 6.38. The summed E-state index contributed by atoms with van der Waals surface area (Å²) in [5.41, 5.74) is 1.12. The predicted molar refractivity (Wildman–Crippen MR) is 78.0 cm³/mol. The minimum absolute atomic E-state index is 0.510. The van der Waals surface area contributed by atoms with Crippen molar-refractivity contribution in [1.29, 1.82) is 0 Å². The lowest BCUT2D eigenvalue weighted by atomic mass is 10.2. The van der Waals surface area contributed by atoms with Crippen LogP contribution in [0.1, 0.15) is 18.9 Å². The van der Waals surface area contributed by atoms with E-state index in [1.807, 2.05) is 42.5 Å². The number of hydrogen-bond donors (Lipinski definition) is 0. The van der Waals surface area contributed by atoms with Crippen LogP contribution in [0.5, 0.6) is 11.5 Å². The molecule has 100 valence electrons. The topological polar surface area (TPSA) is 18.5 Å². The summed E-state index contributed by atoms with van der Waals surface area (Å²) in [5, 5.41) is 0.574. The van der Waals surface area contributed by atoms with Gasteiger partial charge in [-0.1, -0.05) is 48.9 Å². The third-order valence-corrected chi connectivity index (χ3v) is 2.91. The maximum Gasteiger partial charge on any atom is 0.138 e. The lowest BCUT2D eigenvalue weighted by Crippen LogP contribution is -1.97. The molecule has 0 N–H and O–H groups in total. The maximum absolute atomic E-state index is 6.17. The highest BCUT2D eigenvalue weighted by Gasteiger charge is 2.04. The van der Waals surface area contributed by atoms with E-state index in [0.29, 0.717) is 24.0 Å². The van der Waals surface area contributed by atoms with Crippen molar-refractivity contribution >= 4 is 11.6 Å². The Morgan fingerprint density at radius 3 is 2.47 bits per heavy atom. The molecule has 0 atom stereocenters. The van der Waals surface area contributed by atoms with Gasteiger partial charge in [-0.05, 0) is 24.1 Å². The molecule has 2 rings (SSSR count). The lowest BCUT2D eigenvalue weighted by molar-refractivity contribution is 0.301. The van der Waals surface area contributed by atoms with Gasteiger partial charge in [-0.2, -0.15) is 0 Å². The van der Waals surface area contributed by atoms with Crippen molar-refractivity contribution in [2.45, 2.75) is 20.0 Å². The van der Waals surface area contributed by atoms with E-state index in [4.69, 9.17) is 21.1 Å². The van der Waals surface area contributed by atoms with E-state index in [2.05, 4.69) is 6.92 Å². The highest BCUT2D eigenvalue weighted by molar-refractivity contribution is 6.32. The molecule has 0 bridgehead atoms. The van der Waals surface area contributed by atoms with Gasteiger partial charge < -0.3 is 9.47 Å². The lowest BCUT2D eigenvalue weighted by Gasteiger charge is -2.10. The summed E-state index contributed by atoms with van der Waals surface area (Å²) in [6, 6.07) is 15.5. The molecule has 0 unspecified atom stereocenters. The first-order chi connectivity index (χ1) is 9.29. The molecule has 0 aromatic heterocycles. The molecule has 3 heteroatoms. The van der Waals surface area contributed by atoms with Gasteiger partial charge in [0, 0.05) is 6.07 Å². The molecule has 0 spiro atoms. The molecule has 0 aliphatic rings. The van der Waals surface area contributed by atoms with Crippen LogP contribution in [0.3, 0.4) is 0 Å². The molecular formula is C16H17ClO2.